The van der Waals surface area contributed by atoms with E-state index in [1.807, 2.05) is 32.0 Å². The molecular weight excluding hydrogens is 465 g/mol. The second-order valence-electron chi connectivity index (χ2n) is 6.50. The van der Waals surface area contributed by atoms with Gasteiger partial charge in [0.1, 0.15) is 0 Å². The lowest BCUT2D eigenvalue weighted by Gasteiger charge is -2.20. The third kappa shape index (κ3) is 7.19. The van der Waals surface area contributed by atoms with Crippen molar-refractivity contribution in [2.75, 3.05) is 38.1 Å². The first-order chi connectivity index (χ1) is 12.0. The average Bonchev–Trinajstić information content (AvgIpc) is 3.05. The molecule has 3 N–H and O–H groups in total. The standard InChI is InChI=1S/C18H28ClN5O.HI/c1-13(2)17(25)21-8-9-22-18(20-3)23-15-7-10-24(12-15)16-6-4-5-14(19)11-16;/h4-6,11,13,15H,7-10,12H2,1-3H3,(H,21,25)(H2,20,22,23);1H. The molecule has 26 heavy (non-hydrogen) atoms. The Labute approximate surface area is 178 Å². The van der Waals surface area contributed by atoms with Gasteiger partial charge < -0.3 is 20.9 Å². The summed E-state index contributed by atoms with van der Waals surface area (Å²) in [7, 11) is 1.76. The van der Waals surface area contributed by atoms with Gasteiger partial charge in [-0.25, -0.2) is 0 Å². The highest BCUT2D eigenvalue weighted by Crippen LogP contribution is 2.23. The third-order valence-corrected chi connectivity index (χ3v) is 4.40. The molecule has 8 heteroatoms. The second-order valence-corrected chi connectivity index (χ2v) is 6.94. The minimum atomic E-state index is 0. The molecule has 1 unspecified atom stereocenters. The van der Waals surface area contributed by atoms with Crippen LogP contribution in [0.25, 0.3) is 0 Å². The SMILES string of the molecule is CN=C(NCCNC(=O)C(C)C)NC1CCN(c2cccc(Cl)c2)C1.I. The number of halogens is 2. The van der Waals surface area contributed by atoms with Gasteiger partial charge in [0.05, 0.1) is 0 Å². The smallest absolute Gasteiger partial charge is 0.222 e. The van der Waals surface area contributed by atoms with Crippen LogP contribution in [0.5, 0.6) is 0 Å². The van der Waals surface area contributed by atoms with Crippen molar-refractivity contribution in [1.29, 1.82) is 0 Å². The molecule has 1 aliphatic rings. The summed E-state index contributed by atoms with van der Waals surface area (Å²) in [5.74, 6) is 0.836. The van der Waals surface area contributed by atoms with Crippen LogP contribution >= 0.6 is 35.6 Å². The zero-order chi connectivity index (χ0) is 18.2. The molecule has 0 bridgehead atoms. The van der Waals surface area contributed by atoms with Crippen LogP contribution in [-0.2, 0) is 4.79 Å². The molecule has 0 spiro atoms. The van der Waals surface area contributed by atoms with E-state index in [4.69, 9.17) is 11.6 Å². The van der Waals surface area contributed by atoms with Gasteiger partial charge in [0.15, 0.2) is 5.96 Å². The lowest BCUT2D eigenvalue weighted by Crippen LogP contribution is -2.46. The molecule has 6 nitrogen and oxygen atoms in total. The van der Waals surface area contributed by atoms with Crippen molar-refractivity contribution < 1.29 is 4.79 Å². The highest BCUT2D eigenvalue weighted by Gasteiger charge is 2.23. The predicted octanol–water partition coefficient (Wildman–Crippen LogP) is 2.47. The van der Waals surface area contributed by atoms with Crippen molar-refractivity contribution >= 4 is 53.1 Å². The van der Waals surface area contributed by atoms with E-state index in [1.165, 1.54) is 0 Å². The quantitative estimate of drug-likeness (QED) is 0.246. The Hall–Kier alpha value is -1.22. The van der Waals surface area contributed by atoms with Crippen LogP contribution in [0.2, 0.25) is 5.02 Å². The van der Waals surface area contributed by atoms with E-state index in [0.717, 1.165) is 36.2 Å². The van der Waals surface area contributed by atoms with Gasteiger partial charge >= 0.3 is 0 Å². The van der Waals surface area contributed by atoms with Gasteiger partial charge in [-0.05, 0) is 24.6 Å². The predicted molar refractivity (Wildman–Crippen MR) is 120 cm³/mol. The van der Waals surface area contributed by atoms with E-state index in [1.54, 1.807) is 7.05 Å². The van der Waals surface area contributed by atoms with E-state index < -0.39 is 0 Å². The summed E-state index contributed by atoms with van der Waals surface area (Å²) in [6.45, 7) is 6.88. The molecule has 1 amide bonds. The molecule has 0 aromatic heterocycles. The van der Waals surface area contributed by atoms with Crippen molar-refractivity contribution in [2.45, 2.75) is 26.3 Å². The number of benzene rings is 1. The molecular formula is C18H29ClIN5O. The second kappa shape index (κ2) is 11.5. The van der Waals surface area contributed by atoms with Gasteiger partial charge in [-0.3, -0.25) is 9.79 Å². The molecule has 0 radical (unpaired) electrons. The van der Waals surface area contributed by atoms with Gasteiger partial charge in [0, 0.05) is 55.9 Å². The number of hydrogen-bond acceptors (Lipinski definition) is 3. The first kappa shape index (κ1) is 22.8. The zero-order valence-electron chi connectivity index (χ0n) is 15.6. The van der Waals surface area contributed by atoms with E-state index in [2.05, 4.69) is 31.9 Å². The Morgan fingerprint density at radius 3 is 2.73 bits per heavy atom. The maximum absolute atomic E-state index is 11.5. The van der Waals surface area contributed by atoms with E-state index in [9.17, 15) is 4.79 Å². The minimum absolute atomic E-state index is 0. The number of hydrogen-bond donors (Lipinski definition) is 3. The summed E-state index contributed by atoms with van der Waals surface area (Å²) in [5, 5.41) is 10.3. The molecule has 2 rings (SSSR count). The Morgan fingerprint density at radius 2 is 2.08 bits per heavy atom. The molecule has 0 saturated carbocycles. The Bertz CT molecular complexity index is 611. The molecule has 1 fully saturated rings. The maximum Gasteiger partial charge on any atom is 0.222 e. The van der Waals surface area contributed by atoms with Crippen LogP contribution in [0.4, 0.5) is 5.69 Å². The highest BCUT2D eigenvalue weighted by molar-refractivity contribution is 14.0. The van der Waals surface area contributed by atoms with E-state index in [0.29, 0.717) is 19.1 Å². The topological polar surface area (TPSA) is 68.8 Å². The van der Waals surface area contributed by atoms with Gasteiger partial charge in [-0.1, -0.05) is 31.5 Å². The highest BCUT2D eigenvalue weighted by atomic mass is 127. The Kier molecular flexibility index (Phi) is 10.1. The van der Waals surface area contributed by atoms with E-state index >= 15 is 0 Å². The third-order valence-electron chi connectivity index (χ3n) is 4.17. The number of nitrogens with zero attached hydrogens (tertiary/aromatic N) is 2. The summed E-state index contributed by atoms with van der Waals surface area (Å²) >= 11 is 6.08. The number of rotatable bonds is 6. The first-order valence-corrected chi connectivity index (χ1v) is 9.12. The number of guanidine groups is 1. The fourth-order valence-corrected chi connectivity index (χ4v) is 2.93. The maximum atomic E-state index is 11.5. The molecule has 1 heterocycles. The first-order valence-electron chi connectivity index (χ1n) is 8.75. The van der Waals surface area contributed by atoms with Crippen molar-refractivity contribution in [3.8, 4) is 0 Å². The molecule has 146 valence electrons. The summed E-state index contributed by atoms with van der Waals surface area (Å²) in [5.41, 5.74) is 1.15. The molecule has 1 atom stereocenters. The summed E-state index contributed by atoms with van der Waals surface area (Å²) < 4.78 is 0. The normalized spacial score (nSPS) is 17.0. The summed E-state index contributed by atoms with van der Waals surface area (Å²) in [4.78, 5) is 18.1. The average molecular weight is 494 g/mol. The zero-order valence-corrected chi connectivity index (χ0v) is 18.7. The lowest BCUT2D eigenvalue weighted by atomic mass is 10.2. The van der Waals surface area contributed by atoms with Gasteiger partial charge in [0.25, 0.3) is 0 Å². The van der Waals surface area contributed by atoms with Crippen LogP contribution in [0.1, 0.15) is 20.3 Å². The van der Waals surface area contributed by atoms with Crippen molar-refractivity contribution in [1.82, 2.24) is 16.0 Å². The lowest BCUT2D eigenvalue weighted by molar-refractivity contribution is -0.123. The van der Waals surface area contributed by atoms with Crippen LogP contribution in [0.3, 0.4) is 0 Å². The van der Waals surface area contributed by atoms with Crippen LogP contribution in [0, 0.1) is 5.92 Å². The largest absolute Gasteiger partial charge is 0.369 e. The summed E-state index contributed by atoms with van der Waals surface area (Å²) in [6, 6.07) is 8.27. The number of carbonyl (C=O) groups excluding carboxylic acids is 1. The number of carbonyl (C=O) groups is 1. The number of aliphatic imine (C=N–C) groups is 1. The van der Waals surface area contributed by atoms with Crippen molar-refractivity contribution in [3.05, 3.63) is 29.3 Å². The molecule has 0 aliphatic carbocycles. The fraction of sp³-hybridized carbons (Fsp3) is 0.556. The van der Waals surface area contributed by atoms with Gasteiger partial charge in [0.2, 0.25) is 5.91 Å². The van der Waals surface area contributed by atoms with Crippen LogP contribution in [-0.4, -0.2) is 51.1 Å². The number of amides is 1. The van der Waals surface area contributed by atoms with Crippen LogP contribution in [0.15, 0.2) is 29.3 Å². The fourth-order valence-electron chi connectivity index (χ4n) is 2.74. The summed E-state index contributed by atoms with van der Waals surface area (Å²) in [6.07, 6.45) is 1.04. The van der Waals surface area contributed by atoms with Crippen molar-refractivity contribution in [3.63, 3.8) is 0 Å². The molecule has 1 saturated heterocycles. The van der Waals surface area contributed by atoms with Crippen molar-refractivity contribution in [2.24, 2.45) is 10.9 Å². The minimum Gasteiger partial charge on any atom is -0.369 e. The Morgan fingerprint density at radius 1 is 1.35 bits per heavy atom. The van der Waals surface area contributed by atoms with Gasteiger partial charge in [-0.15, -0.1) is 24.0 Å². The molecule has 1 aromatic carbocycles. The van der Waals surface area contributed by atoms with E-state index in [-0.39, 0.29) is 35.8 Å². The number of anilines is 1. The van der Waals surface area contributed by atoms with Gasteiger partial charge in [-0.2, -0.15) is 0 Å². The van der Waals surface area contributed by atoms with Crippen LogP contribution < -0.4 is 20.9 Å². The Balaban J connectivity index is 0.00000338. The number of nitrogens with one attached hydrogen (secondary N) is 3. The monoisotopic (exact) mass is 493 g/mol. The molecule has 1 aliphatic heterocycles. The molecule has 1 aromatic rings.